The fourth-order valence-corrected chi connectivity index (χ4v) is 2.41. The molecule has 1 aromatic rings. The van der Waals surface area contributed by atoms with E-state index in [0.29, 0.717) is 6.04 Å². The van der Waals surface area contributed by atoms with Gasteiger partial charge in [-0.25, -0.2) is 0 Å². The van der Waals surface area contributed by atoms with E-state index in [2.05, 4.69) is 37.5 Å². The highest BCUT2D eigenvalue weighted by atomic mass is 32.1. The first kappa shape index (κ1) is 11.7. The molecule has 0 saturated heterocycles. The van der Waals surface area contributed by atoms with Crippen molar-refractivity contribution in [2.24, 2.45) is 0 Å². The molecule has 0 aliphatic rings. The Morgan fingerprint density at radius 1 is 1.36 bits per heavy atom. The summed E-state index contributed by atoms with van der Waals surface area (Å²) in [5.74, 6) is 0. The van der Waals surface area contributed by atoms with Gasteiger partial charge in [0.05, 0.1) is 0 Å². The number of aryl methyl sites for hydroxylation is 2. The van der Waals surface area contributed by atoms with Crippen LogP contribution >= 0.6 is 11.3 Å². The van der Waals surface area contributed by atoms with E-state index in [1.54, 1.807) is 4.88 Å². The van der Waals surface area contributed by atoms with Gasteiger partial charge in [0.2, 0.25) is 0 Å². The van der Waals surface area contributed by atoms with Crippen LogP contribution in [-0.2, 0) is 6.42 Å². The van der Waals surface area contributed by atoms with Crippen LogP contribution in [0.15, 0.2) is 11.4 Å². The van der Waals surface area contributed by atoms with Crippen molar-refractivity contribution in [2.45, 2.75) is 46.1 Å². The minimum absolute atomic E-state index is 0.624. The van der Waals surface area contributed by atoms with E-state index in [-0.39, 0.29) is 0 Å². The zero-order chi connectivity index (χ0) is 10.4. The Labute approximate surface area is 91.5 Å². The predicted octanol–water partition coefficient (Wildman–Crippen LogP) is 3.38. The van der Waals surface area contributed by atoms with Crippen molar-refractivity contribution in [2.75, 3.05) is 6.54 Å². The highest BCUT2D eigenvalue weighted by molar-refractivity contribution is 7.10. The lowest BCUT2D eigenvalue weighted by molar-refractivity contribution is 0.558. The van der Waals surface area contributed by atoms with Gasteiger partial charge in [-0.1, -0.05) is 13.8 Å². The minimum atomic E-state index is 0.624. The second-order valence-corrected chi connectivity index (χ2v) is 5.09. The maximum Gasteiger partial charge on any atom is 0.00744 e. The lowest BCUT2D eigenvalue weighted by Gasteiger charge is -2.07. The quantitative estimate of drug-likeness (QED) is 0.711. The summed E-state index contributed by atoms with van der Waals surface area (Å²) in [5, 5.41) is 5.64. The van der Waals surface area contributed by atoms with Crippen LogP contribution in [0.4, 0.5) is 0 Å². The summed E-state index contributed by atoms with van der Waals surface area (Å²) < 4.78 is 0. The second-order valence-electron chi connectivity index (χ2n) is 4.09. The molecule has 14 heavy (non-hydrogen) atoms. The lowest BCUT2D eigenvalue weighted by atomic mass is 10.1. The van der Waals surface area contributed by atoms with Crippen molar-refractivity contribution in [1.29, 1.82) is 0 Å². The molecule has 0 amide bonds. The van der Waals surface area contributed by atoms with Crippen LogP contribution in [0.25, 0.3) is 0 Å². The molecule has 2 heteroatoms. The summed E-state index contributed by atoms with van der Waals surface area (Å²) in [5.41, 5.74) is 1.46. The van der Waals surface area contributed by atoms with Gasteiger partial charge in [-0.2, -0.15) is 0 Å². The monoisotopic (exact) mass is 211 g/mol. The molecule has 0 fully saturated rings. The Bertz CT molecular complexity index is 253. The fourth-order valence-electron chi connectivity index (χ4n) is 1.46. The second kappa shape index (κ2) is 6.20. The molecular weight excluding hydrogens is 190 g/mol. The van der Waals surface area contributed by atoms with Gasteiger partial charge in [0.15, 0.2) is 0 Å². The van der Waals surface area contributed by atoms with Gasteiger partial charge in [-0.3, -0.25) is 0 Å². The summed E-state index contributed by atoms with van der Waals surface area (Å²) >= 11 is 1.89. The number of thiophene rings is 1. The molecule has 1 nitrogen and oxygen atoms in total. The molecule has 1 aromatic heterocycles. The van der Waals surface area contributed by atoms with Crippen LogP contribution in [-0.4, -0.2) is 12.6 Å². The average Bonchev–Trinajstić information content (AvgIpc) is 2.51. The van der Waals surface area contributed by atoms with Gasteiger partial charge >= 0.3 is 0 Å². The molecule has 0 bridgehead atoms. The molecule has 1 rings (SSSR count). The van der Waals surface area contributed by atoms with E-state index in [9.17, 15) is 0 Å². The molecule has 0 unspecified atom stereocenters. The first-order valence-electron chi connectivity index (χ1n) is 5.46. The van der Waals surface area contributed by atoms with Crippen molar-refractivity contribution in [1.82, 2.24) is 5.32 Å². The van der Waals surface area contributed by atoms with Crippen molar-refractivity contribution in [3.63, 3.8) is 0 Å². The Morgan fingerprint density at radius 3 is 2.71 bits per heavy atom. The maximum absolute atomic E-state index is 3.44. The first-order chi connectivity index (χ1) is 6.70. The zero-order valence-corrected chi connectivity index (χ0v) is 10.3. The highest BCUT2D eigenvalue weighted by Gasteiger charge is 1.99. The molecule has 0 spiro atoms. The molecule has 0 aliphatic carbocycles. The topological polar surface area (TPSA) is 12.0 Å². The van der Waals surface area contributed by atoms with Crippen LogP contribution in [0.1, 0.15) is 37.1 Å². The van der Waals surface area contributed by atoms with E-state index < -0.39 is 0 Å². The van der Waals surface area contributed by atoms with E-state index in [0.717, 1.165) is 6.54 Å². The third kappa shape index (κ3) is 4.25. The highest BCUT2D eigenvalue weighted by Crippen LogP contribution is 2.17. The Hall–Kier alpha value is -0.340. The summed E-state index contributed by atoms with van der Waals surface area (Å²) in [6, 6.07) is 2.84. The standard InChI is InChI=1S/C12H21NS/c1-10(2)13-8-5-4-6-12-11(3)7-9-14-12/h7,9-10,13H,4-6,8H2,1-3H3. The molecule has 0 saturated carbocycles. The average molecular weight is 211 g/mol. The van der Waals surface area contributed by atoms with Crippen molar-refractivity contribution in [3.8, 4) is 0 Å². The van der Waals surface area contributed by atoms with Crippen LogP contribution in [0.5, 0.6) is 0 Å². The summed E-state index contributed by atoms with van der Waals surface area (Å²) in [6.07, 6.45) is 3.85. The molecule has 0 aliphatic heterocycles. The maximum atomic E-state index is 3.44. The van der Waals surface area contributed by atoms with E-state index >= 15 is 0 Å². The van der Waals surface area contributed by atoms with E-state index in [1.165, 1.54) is 24.8 Å². The van der Waals surface area contributed by atoms with Gasteiger partial charge in [0.25, 0.3) is 0 Å². The number of hydrogen-bond donors (Lipinski definition) is 1. The van der Waals surface area contributed by atoms with Gasteiger partial charge in [-0.15, -0.1) is 11.3 Å². The third-order valence-electron chi connectivity index (χ3n) is 2.35. The normalized spacial score (nSPS) is 11.1. The minimum Gasteiger partial charge on any atom is -0.315 e. The van der Waals surface area contributed by atoms with Crippen molar-refractivity contribution < 1.29 is 0 Å². The Morgan fingerprint density at radius 2 is 2.14 bits per heavy atom. The summed E-state index contributed by atoms with van der Waals surface area (Å²) in [6.45, 7) is 7.76. The van der Waals surface area contributed by atoms with Crippen LogP contribution in [0, 0.1) is 6.92 Å². The van der Waals surface area contributed by atoms with Gasteiger partial charge in [0.1, 0.15) is 0 Å². The Kier molecular flexibility index (Phi) is 5.20. The number of rotatable bonds is 6. The molecule has 1 N–H and O–H groups in total. The van der Waals surface area contributed by atoms with Crippen LogP contribution in [0.3, 0.4) is 0 Å². The molecule has 0 aromatic carbocycles. The van der Waals surface area contributed by atoms with Gasteiger partial charge in [-0.05, 0) is 49.7 Å². The van der Waals surface area contributed by atoms with Crippen LogP contribution in [0.2, 0.25) is 0 Å². The molecule has 1 heterocycles. The number of hydrogen-bond acceptors (Lipinski definition) is 2. The van der Waals surface area contributed by atoms with E-state index in [4.69, 9.17) is 0 Å². The SMILES string of the molecule is Cc1ccsc1CCCCNC(C)C. The van der Waals surface area contributed by atoms with Crippen LogP contribution < -0.4 is 5.32 Å². The fraction of sp³-hybridized carbons (Fsp3) is 0.667. The largest absolute Gasteiger partial charge is 0.315 e. The summed E-state index contributed by atoms with van der Waals surface area (Å²) in [7, 11) is 0. The number of unbranched alkanes of at least 4 members (excludes halogenated alkanes) is 1. The van der Waals surface area contributed by atoms with Gasteiger partial charge in [0, 0.05) is 10.9 Å². The molecule has 80 valence electrons. The lowest BCUT2D eigenvalue weighted by Crippen LogP contribution is -2.23. The predicted molar refractivity (Wildman–Crippen MR) is 65.1 cm³/mol. The zero-order valence-electron chi connectivity index (χ0n) is 9.47. The van der Waals surface area contributed by atoms with Crippen molar-refractivity contribution in [3.05, 3.63) is 21.9 Å². The molecular formula is C12H21NS. The van der Waals surface area contributed by atoms with Gasteiger partial charge < -0.3 is 5.32 Å². The molecule has 0 radical (unpaired) electrons. The number of nitrogens with one attached hydrogen (secondary N) is 1. The van der Waals surface area contributed by atoms with Crippen molar-refractivity contribution >= 4 is 11.3 Å². The Balaban J connectivity index is 2.08. The third-order valence-corrected chi connectivity index (χ3v) is 3.43. The smallest absolute Gasteiger partial charge is 0.00744 e. The van der Waals surface area contributed by atoms with E-state index in [1.807, 2.05) is 11.3 Å². The summed E-state index contributed by atoms with van der Waals surface area (Å²) in [4.78, 5) is 1.56. The first-order valence-corrected chi connectivity index (χ1v) is 6.34. The molecule has 0 atom stereocenters.